The molecule has 0 spiro atoms. The Morgan fingerprint density at radius 2 is 1.90 bits per heavy atom. The summed E-state index contributed by atoms with van der Waals surface area (Å²) in [5.74, 6) is 6.86. The van der Waals surface area contributed by atoms with Crippen molar-refractivity contribution in [3.05, 3.63) is 65.2 Å². The highest BCUT2D eigenvalue weighted by molar-refractivity contribution is 5.87. The topological polar surface area (TPSA) is 70.1 Å². The average Bonchev–Trinajstić information content (AvgIpc) is 2.74. The fourth-order valence-electron chi connectivity index (χ4n) is 4.37. The molecular formula is C24H24N2O4. The van der Waals surface area contributed by atoms with E-state index in [9.17, 15) is 14.7 Å². The van der Waals surface area contributed by atoms with Crippen LogP contribution in [0.2, 0.25) is 0 Å². The van der Waals surface area contributed by atoms with Gasteiger partial charge in [-0.3, -0.25) is 9.59 Å². The summed E-state index contributed by atoms with van der Waals surface area (Å²) in [7, 11) is 1.63. The monoisotopic (exact) mass is 404 g/mol. The van der Waals surface area contributed by atoms with Gasteiger partial charge in [0.2, 0.25) is 11.8 Å². The normalized spacial score (nSPS) is 22.5. The molecule has 2 saturated heterocycles. The lowest BCUT2D eigenvalue weighted by atomic mass is 9.73. The number of rotatable bonds is 3. The number of hydrogen-bond acceptors (Lipinski definition) is 4. The first kappa shape index (κ1) is 20.0. The summed E-state index contributed by atoms with van der Waals surface area (Å²) in [6.07, 6.45) is 0. The SMILES string of the molecule is COc1cccc(C#Cc2ccc([C@@H]3[C@@H](CO)N4C(=O)CN(C(C)=O)C[C@H]34)cc2)c1. The van der Waals surface area contributed by atoms with Crippen molar-refractivity contribution < 1.29 is 19.4 Å². The Bertz CT molecular complexity index is 1020. The van der Waals surface area contributed by atoms with Gasteiger partial charge in [-0.1, -0.05) is 30.0 Å². The fourth-order valence-corrected chi connectivity index (χ4v) is 4.37. The van der Waals surface area contributed by atoms with E-state index in [1.54, 1.807) is 16.9 Å². The van der Waals surface area contributed by atoms with Gasteiger partial charge in [0.1, 0.15) is 5.75 Å². The van der Waals surface area contributed by atoms with Crippen LogP contribution in [0.15, 0.2) is 48.5 Å². The maximum Gasteiger partial charge on any atom is 0.242 e. The summed E-state index contributed by atoms with van der Waals surface area (Å²) < 4.78 is 5.22. The Morgan fingerprint density at radius 1 is 1.17 bits per heavy atom. The van der Waals surface area contributed by atoms with Crippen LogP contribution in [-0.4, -0.2) is 65.6 Å². The van der Waals surface area contributed by atoms with Gasteiger partial charge < -0.3 is 19.6 Å². The molecule has 3 atom stereocenters. The Labute approximate surface area is 176 Å². The lowest BCUT2D eigenvalue weighted by molar-refractivity contribution is -0.166. The number of carbonyl (C=O) groups is 2. The predicted molar refractivity (Wildman–Crippen MR) is 112 cm³/mol. The minimum Gasteiger partial charge on any atom is -0.497 e. The number of aliphatic hydroxyl groups excluding tert-OH is 1. The summed E-state index contributed by atoms with van der Waals surface area (Å²) in [6.45, 7) is 1.98. The highest BCUT2D eigenvalue weighted by Gasteiger charge is 2.54. The number of carbonyl (C=O) groups excluding carboxylic acids is 2. The van der Waals surface area contributed by atoms with Gasteiger partial charge in [-0.05, 0) is 35.9 Å². The maximum absolute atomic E-state index is 12.4. The van der Waals surface area contributed by atoms with Crippen LogP contribution in [0.4, 0.5) is 0 Å². The van der Waals surface area contributed by atoms with Crippen molar-refractivity contribution >= 4 is 11.8 Å². The molecule has 0 bridgehead atoms. The predicted octanol–water partition coefficient (Wildman–Crippen LogP) is 1.61. The minimum atomic E-state index is -0.245. The Hall–Kier alpha value is -3.30. The largest absolute Gasteiger partial charge is 0.497 e. The maximum atomic E-state index is 12.4. The molecule has 0 unspecified atom stereocenters. The summed E-state index contributed by atoms with van der Waals surface area (Å²) in [5.41, 5.74) is 2.79. The van der Waals surface area contributed by atoms with E-state index < -0.39 is 0 Å². The number of fused-ring (bicyclic) bond motifs is 1. The molecule has 6 nitrogen and oxygen atoms in total. The molecule has 30 heavy (non-hydrogen) atoms. The second-order valence-electron chi connectivity index (χ2n) is 7.65. The van der Waals surface area contributed by atoms with E-state index in [4.69, 9.17) is 4.74 Å². The molecular weight excluding hydrogens is 380 g/mol. The molecule has 2 aromatic rings. The zero-order valence-electron chi connectivity index (χ0n) is 17.0. The molecule has 6 heteroatoms. The van der Waals surface area contributed by atoms with Gasteiger partial charge in [0.25, 0.3) is 0 Å². The van der Waals surface area contributed by atoms with E-state index in [1.165, 1.54) is 6.92 Å². The van der Waals surface area contributed by atoms with Crippen LogP contribution in [0.1, 0.15) is 29.5 Å². The van der Waals surface area contributed by atoms with E-state index in [1.807, 2.05) is 48.5 Å². The first-order valence-corrected chi connectivity index (χ1v) is 9.95. The average molecular weight is 404 g/mol. The summed E-state index contributed by atoms with van der Waals surface area (Å²) >= 11 is 0. The molecule has 0 radical (unpaired) electrons. The van der Waals surface area contributed by atoms with Gasteiger partial charge in [-0.15, -0.1) is 0 Å². The fraction of sp³-hybridized carbons (Fsp3) is 0.333. The molecule has 2 aromatic carbocycles. The molecule has 2 fully saturated rings. The molecule has 0 aromatic heterocycles. The standard InChI is InChI=1S/C24H24N2O4/c1-16(28)25-13-21-24(22(15-27)26(21)23(29)14-25)19-10-8-17(9-11-19)6-7-18-4-3-5-20(12-18)30-2/h3-5,8-12,21-22,24,27H,13-15H2,1-2H3/t21-,22-,24+/m1/s1. The Kier molecular flexibility index (Phi) is 5.47. The second kappa shape index (κ2) is 8.21. The van der Waals surface area contributed by atoms with Crippen LogP contribution < -0.4 is 4.74 Å². The quantitative estimate of drug-likeness (QED) is 0.790. The van der Waals surface area contributed by atoms with Crippen LogP contribution in [0.3, 0.4) is 0 Å². The van der Waals surface area contributed by atoms with Crippen molar-refractivity contribution in [3.63, 3.8) is 0 Å². The third kappa shape index (κ3) is 3.64. The second-order valence-corrected chi connectivity index (χ2v) is 7.65. The lowest BCUT2D eigenvalue weighted by Gasteiger charge is -2.58. The van der Waals surface area contributed by atoms with Crippen molar-refractivity contribution in [3.8, 4) is 17.6 Å². The molecule has 1 N–H and O–H groups in total. The number of hydrogen-bond donors (Lipinski definition) is 1. The number of amides is 2. The molecule has 0 aliphatic carbocycles. The highest BCUT2D eigenvalue weighted by Crippen LogP contribution is 2.42. The first-order chi connectivity index (χ1) is 14.5. The number of methoxy groups -OCH3 is 1. The van der Waals surface area contributed by atoms with Crippen molar-refractivity contribution in [2.24, 2.45) is 0 Å². The van der Waals surface area contributed by atoms with Crippen molar-refractivity contribution in [1.29, 1.82) is 0 Å². The summed E-state index contributed by atoms with van der Waals surface area (Å²) in [5, 5.41) is 9.85. The van der Waals surface area contributed by atoms with E-state index in [-0.39, 0.29) is 43.0 Å². The minimum absolute atomic E-state index is 0.00138. The zero-order chi connectivity index (χ0) is 21.3. The van der Waals surface area contributed by atoms with Crippen LogP contribution in [0.25, 0.3) is 0 Å². The Morgan fingerprint density at radius 3 is 2.57 bits per heavy atom. The van der Waals surface area contributed by atoms with E-state index in [0.29, 0.717) is 6.54 Å². The molecule has 2 amide bonds. The van der Waals surface area contributed by atoms with Gasteiger partial charge in [-0.25, -0.2) is 0 Å². The summed E-state index contributed by atoms with van der Waals surface area (Å²) in [4.78, 5) is 27.5. The van der Waals surface area contributed by atoms with Crippen LogP contribution >= 0.6 is 0 Å². The third-order valence-corrected chi connectivity index (χ3v) is 5.91. The zero-order valence-corrected chi connectivity index (χ0v) is 17.0. The number of piperazine rings is 1. The molecule has 2 aliphatic rings. The molecule has 2 aliphatic heterocycles. The lowest BCUT2D eigenvalue weighted by Crippen LogP contribution is -2.73. The van der Waals surface area contributed by atoms with Gasteiger partial charge in [0.15, 0.2) is 0 Å². The van der Waals surface area contributed by atoms with Crippen molar-refractivity contribution in [2.75, 3.05) is 26.8 Å². The van der Waals surface area contributed by atoms with E-state index >= 15 is 0 Å². The van der Waals surface area contributed by atoms with Crippen LogP contribution in [0, 0.1) is 11.8 Å². The molecule has 154 valence electrons. The molecule has 4 rings (SSSR count). The number of benzene rings is 2. The molecule has 2 heterocycles. The van der Waals surface area contributed by atoms with E-state index in [0.717, 1.165) is 22.4 Å². The third-order valence-electron chi connectivity index (χ3n) is 5.91. The molecule has 0 saturated carbocycles. The van der Waals surface area contributed by atoms with Crippen molar-refractivity contribution in [2.45, 2.75) is 24.9 Å². The smallest absolute Gasteiger partial charge is 0.242 e. The number of nitrogens with zero attached hydrogens (tertiary/aromatic N) is 2. The summed E-state index contributed by atoms with van der Waals surface area (Å²) in [6, 6.07) is 15.2. The van der Waals surface area contributed by atoms with Gasteiger partial charge in [0.05, 0.1) is 32.3 Å². The van der Waals surface area contributed by atoms with Crippen molar-refractivity contribution in [1.82, 2.24) is 9.80 Å². The number of aliphatic hydroxyl groups is 1. The van der Waals surface area contributed by atoms with Gasteiger partial charge in [0, 0.05) is 30.5 Å². The van der Waals surface area contributed by atoms with E-state index in [2.05, 4.69) is 11.8 Å². The van der Waals surface area contributed by atoms with Crippen LogP contribution in [-0.2, 0) is 9.59 Å². The number of ether oxygens (including phenoxy) is 1. The highest BCUT2D eigenvalue weighted by atomic mass is 16.5. The Balaban J connectivity index is 1.53. The first-order valence-electron chi connectivity index (χ1n) is 9.95. The van der Waals surface area contributed by atoms with Crippen LogP contribution in [0.5, 0.6) is 5.75 Å². The van der Waals surface area contributed by atoms with Gasteiger partial charge in [-0.2, -0.15) is 0 Å². The van der Waals surface area contributed by atoms with Gasteiger partial charge >= 0.3 is 0 Å².